The van der Waals surface area contributed by atoms with E-state index in [1.165, 1.54) is 36.1 Å². The first kappa shape index (κ1) is 30.3. The third-order valence-corrected chi connectivity index (χ3v) is 5.92. The van der Waals surface area contributed by atoms with Crippen LogP contribution in [0.5, 0.6) is 0 Å². The Morgan fingerprint density at radius 1 is 0.975 bits per heavy atom. The van der Waals surface area contributed by atoms with Gasteiger partial charge in [0.2, 0.25) is 0 Å². The van der Waals surface area contributed by atoms with E-state index in [1.54, 1.807) is 17.4 Å². The van der Waals surface area contributed by atoms with Crippen molar-refractivity contribution < 1.29 is 36.7 Å². The molecule has 214 valence electrons. The number of hydrogen-bond acceptors (Lipinski definition) is 6. The first-order valence-corrected chi connectivity index (χ1v) is 12.5. The highest BCUT2D eigenvalue weighted by Crippen LogP contribution is 2.18. The van der Waals surface area contributed by atoms with Crippen LogP contribution in [0.2, 0.25) is 0 Å². The molecule has 9 nitrogen and oxygen atoms in total. The van der Waals surface area contributed by atoms with Crippen LogP contribution >= 0.6 is 0 Å². The predicted octanol–water partition coefficient (Wildman–Crippen LogP) is 3.76. The fraction of sp³-hybridized carbons (Fsp3) is 0.370. The van der Waals surface area contributed by atoms with Crippen molar-refractivity contribution in [2.75, 3.05) is 20.3 Å². The lowest BCUT2D eigenvalue weighted by Gasteiger charge is -2.16. The van der Waals surface area contributed by atoms with Crippen molar-refractivity contribution in [3.05, 3.63) is 77.1 Å². The molecule has 13 heteroatoms. The number of unbranched alkanes of at least 4 members (excludes halogenated alkanes) is 2. The highest BCUT2D eigenvalue weighted by molar-refractivity contribution is 5.96. The van der Waals surface area contributed by atoms with Gasteiger partial charge in [0.1, 0.15) is 12.6 Å². The van der Waals surface area contributed by atoms with Crippen molar-refractivity contribution in [3.8, 4) is 5.69 Å². The number of amides is 2. The molecule has 0 spiro atoms. The predicted molar refractivity (Wildman–Crippen MR) is 137 cm³/mol. The number of esters is 1. The van der Waals surface area contributed by atoms with Crippen LogP contribution in [0.25, 0.3) is 5.69 Å². The monoisotopic (exact) mass is 563 g/mol. The van der Waals surface area contributed by atoms with Crippen LogP contribution in [0, 0.1) is 0 Å². The van der Waals surface area contributed by atoms with Gasteiger partial charge >= 0.3 is 12.1 Å². The number of ether oxygens (including phenoxy) is 1. The Kier molecular flexibility index (Phi) is 10.7. The Balaban J connectivity index is 1.84. The van der Waals surface area contributed by atoms with E-state index in [2.05, 4.69) is 15.6 Å². The van der Waals surface area contributed by atoms with Crippen molar-refractivity contribution in [3.63, 3.8) is 0 Å². The number of aromatic nitrogens is 3. The second kappa shape index (κ2) is 14.2. The maximum absolute atomic E-state index is 13.3. The lowest BCUT2D eigenvalue weighted by atomic mass is 10.1. The quantitative estimate of drug-likeness (QED) is 0.186. The van der Waals surface area contributed by atoms with E-state index < -0.39 is 43.2 Å². The van der Waals surface area contributed by atoms with Gasteiger partial charge in [-0.2, -0.15) is 13.2 Å². The van der Waals surface area contributed by atoms with Crippen LogP contribution in [0.4, 0.5) is 17.6 Å². The van der Waals surface area contributed by atoms with Crippen molar-refractivity contribution in [2.24, 2.45) is 0 Å². The summed E-state index contributed by atoms with van der Waals surface area (Å²) < 4.78 is 56.1. The highest BCUT2D eigenvalue weighted by Gasteiger charge is 2.29. The summed E-state index contributed by atoms with van der Waals surface area (Å²) in [4.78, 5) is 37.7. The summed E-state index contributed by atoms with van der Waals surface area (Å²) in [6, 6.07) is 13.6. The summed E-state index contributed by atoms with van der Waals surface area (Å²) in [6.45, 7) is -1.95. The van der Waals surface area contributed by atoms with E-state index in [0.717, 1.165) is 5.56 Å². The number of nitrogens with zero attached hydrogens (tertiary/aromatic N) is 3. The molecule has 0 radical (unpaired) electrons. The van der Waals surface area contributed by atoms with Gasteiger partial charge in [-0.3, -0.25) is 14.0 Å². The average molecular weight is 564 g/mol. The van der Waals surface area contributed by atoms with Crippen LogP contribution in [-0.4, -0.2) is 65.3 Å². The van der Waals surface area contributed by atoms with Gasteiger partial charge in [-0.25, -0.2) is 9.48 Å². The molecule has 1 atom stereocenters. The number of halogens is 4. The second-order valence-electron chi connectivity index (χ2n) is 8.88. The molecule has 2 N–H and O–H groups in total. The Hall–Kier alpha value is -4.29. The third kappa shape index (κ3) is 8.61. The fourth-order valence-corrected chi connectivity index (χ4v) is 3.92. The van der Waals surface area contributed by atoms with E-state index >= 15 is 0 Å². The zero-order valence-electron chi connectivity index (χ0n) is 21.7. The van der Waals surface area contributed by atoms with Crippen LogP contribution in [0.15, 0.2) is 54.6 Å². The lowest BCUT2D eigenvalue weighted by molar-refractivity contribution is -0.142. The van der Waals surface area contributed by atoms with E-state index in [1.807, 2.05) is 18.2 Å². The number of benzene rings is 2. The minimum Gasteiger partial charge on any atom is -0.467 e. The summed E-state index contributed by atoms with van der Waals surface area (Å²) >= 11 is 0. The largest absolute Gasteiger partial charge is 0.467 e. The highest BCUT2D eigenvalue weighted by atomic mass is 19.4. The molecule has 0 aliphatic rings. The number of carbonyl (C=O) groups excluding carboxylic acids is 3. The van der Waals surface area contributed by atoms with Crippen LogP contribution < -0.4 is 10.6 Å². The van der Waals surface area contributed by atoms with Gasteiger partial charge in [0.15, 0.2) is 5.69 Å². The number of carbonyl (C=O) groups is 3. The van der Waals surface area contributed by atoms with Crippen molar-refractivity contribution in [1.29, 1.82) is 0 Å². The van der Waals surface area contributed by atoms with E-state index in [4.69, 9.17) is 4.74 Å². The number of alkyl halides is 4. The van der Waals surface area contributed by atoms with Gasteiger partial charge in [0.05, 0.1) is 25.2 Å². The summed E-state index contributed by atoms with van der Waals surface area (Å²) in [5, 5.41) is 12.5. The van der Waals surface area contributed by atoms with Crippen LogP contribution in [0.3, 0.4) is 0 Å². The van der Waals surface area contributed by atoms with Crippen LogP contribution in [-0.2, 0) is 22.4 Å². The summed E-state index contributed by atoms with van der Waals surface area (Å²) in [6.07, 6.45) is -2.67. The van der Waals surface area contributed by atoms with E-state index in [9.17, 15) is 31.9 Å². The summed E-state index contributed by atoms with van der Waals surface area (Å²) in [5.74, 6) is -2.21. The van der Waals surface area contributed by atoms with Gasteiger partial charge < -0.3 is 15.4 Å². The average Bonchev–Trinajstić information content (AvgIpc) is 3.37. The fourth-order valence-electron chi connectivity index (χ4n) is 3.92. The molecule has 1 heterocycles. The maximum atomic E-state index is 13.3. The molecular formula is C27H29F4N5O4. The topological polar surface area (TPSA) is 115 Å². The normalized spacial score (nSPS) is 12.0. The number of hydrogen-bond donors (Lipinski definition) is 2. The summed E-state index contributed by atoms with van der Waals surface area (Å²) in [7, 11) is 1.21. The van der Waals surface area contributed by atoms with Crippen molar-refractivity contribution in [1.82, 2.24) is 25.6 Å². The summed E-state index contributed by atoms with van der Waals surface area (Å²) in [5.41, 5.74) is 1.53. The zero-order chi connectivity index (χ0) is 29.1. The molecule has 2 amide bonds. The molecule has 2 aromatic carbocycles. The molecule has 0 saturated carbocycles. The number of rotatable bonds is 13. The van der Waals surface area contributed by atoms with Crippen molar-refractivity contribution in [2.45, 2.75) is 44.3 Å². The third-order valence-electron chi connectivity index (χ3n) is 5.92. The molecule has 3 rings (SSSR count). The van der Waals surface area contributed by atoms with Gasteiger partial charge in [0, 0.05) is 12.0 Å². The molecular weight excluding hydrogens is 534 g/mol. The number of nitrogens with one attached hydrogen (secondary N) is 2. The minimum absolute atomic E-state index is 0.00240. The molecule has 0 saturated heterocycles. The Labute approximate surface area is 227 Å². The van der Waals surface area contributed by atoms with Gasteiger partial charge in [0.25, 0.3) is 11.8 Å². The van der Waals surface area contributed by atoms with E-state index in [-0.39, 0.29) is 17.7 Å². The molecule has 1 aromatic heterocycles. The van der Waals surface area contributed by atoms with Gasteiger partial charge in [-0.1, -0.05) is 42.0 Å². The molecule has 0 fully saturated rings. The smallest absolute Gasteiger partial charge is 0.405 e. The maximum Gasteiger partial charge on any atom is 0.405 e. The Morgan fingerprint density at radius 3 is 2.30 bits per heavy atom. The number of methoxy groups -OCH3 is 1. The minimum atomic E-state index is -4.54. The molecule has 1 unspecified atom stereocenters. The Bertz CT molecular complexity index is 1280. The van der Waals surface area contributed by atoms with Gasteiger partial charge in [-0.15, -0.1) is 5.10 Å². The molecule has 40 heavy (non-hydrogen) atoms. The van der Waals surface area contributed by atoms with Crippen LogP contribution in [0.1, 0.15) is 51.4 Å². The standard InChI is InChI=1S/C27H29F4N5O4/c1-40-26(39)21(16-18-8-4-2-5-9-18)33-25(38)23-22(10-6-3-7-15-28)36(35-34-23)20-13-11-19(12-14-20)24(37)32-17-27(29,30)31/h2,4-5,8-9,11-14,21H,3,6-7,10,15-17H2,1H3,(H,32,37)(H,33,38). The first-order valence-electron chi connectivity index (χ1n) is 12.5. The zero-order valence-corrected chi connectivity index (χ0v) is 21.7. The first-order chi connectivity index (χ1) is 19.1. The van der Waals surface area contributed by atoms with E-state index in [0.29, 0.717) is 37.1 Å². The molecule has 0 aliphatic heterocycles. The molecule has 0 aliphatic carbocycles. The lowest BCUT2D eigenvalue weighted by Crippen LogP contribution is -2.43. The molecule has 0 bridgehead atoms. The van der Waals surface area contributed by atoms with Gasteiger partial charge in [-0.05, 0) is 49.1 Å². The molecule has 3 aromatic rings. The Morgan fingerprint density at radius 2 is 1.68 bits per heavy atom. The SMILES string of the molecule is COC(=O)C(Cc1ccccc1)NC(=O)c1nnn(-c2ccc(C(=O)NCC(F)(F)F)cc2)c1CCCCCF. The van der Waals surface area contributed by atoms with Crippen molar-refractivity contribution >= 4 is 17.8 Å². The second-order valence-corrected chi connectivity index (χ2v) is 8.88.